The summed E-state index contributed by atoms with van der Waals surface area (Å²) in [4.78, 5) is 0. The first kappa shape index (κ1) is 10.7. The summed E-state index contributed by atoms with van der Waals surface area (Å²) in [6, 6.07) is 2.48. The molecule has 0 bridgehead atoms. The van der Waals surface area contributed by atoms with Gasteiger partial charge >= 0.3 is 0 Å². The summed E-state index contributed by atoms with van der Waals surface area (Å²) in [5.41, 5.74) is 7.17. The maximum Gasteiger partial charge on any atom is 0.0248 e. The molecule has 0 radical (unpaired) electrons. The molecule has 0 aromatic carbocycles. The van der Waals surface area contributed by atoms with Crippen molar-refractivity contribution in [2.45, 2.75) is 51.6 Å². The Kier molecular flexibility index (Phi) is 3.47. The first-order valence-electron chi connectivity index (χ1n) is 6.14. The fourth-order valence-corrected chi connectivity index (χ4v) is 2.59. The van der Waals surface area contributed by atoms with Gasteiger partial charge in [-0.3, -0.25) is 0 Å². The number of nitrogens with two attached hydrogens (primary N) is 1. The summed E-state index contributed by atoms with van der Waals surface area (Å²) in [5, 5.41) is 0. The molecule has 1 aromatic rings. The van der Waals surface area contributed by atoms with Gasteiger partial charge in [0, 0.05) is 25.0 Å². The van der Waals surface area contributed by atoms with E-state index in [2.05, 4.69) is 30.0 Å². The lowest BCUT2D eigenvalue weighted by Crippen LogP contribution is -2.17. The predicted octanol–water partition coefficient (Wildman–Crippen LogP) is 2.57. The maximum atomic E-state index is 5.79. The van der Waals surface area contributed by atoms with Gasteiger partial charge in [-0.15, -0.1) is 0 Å². The van der Waals surface area contributed by atoms with Crippen molar-refractivity contribution in [1.29, 1.82) is 0 Å². The molecule has 1 aromatic heterocycles. The van der Waals surface area contributed by atoms with Gasteiger partial charge in [0.15, 0.2) is 0 Å². The second kappa shape index (κ2) is 4.84. The number of nitrogens with zero attached hydrogens (tertiary/aromatic N) is 1. The minimum Gasteiger partial charge on any atom is -0.354 e. The first-order chi connectivity index (χ1) is 7.24. The molecule has 1 unspecified atom stereocenters. The summed E-state index contributed by atoms with van der Waals surface area (Å²) in [7, 11) is 0. The van der Waals surface area contributed by atoms with E-state index in [0.29, 0.717) is 0 Å². The average Bonchev–Trinajstić information content (AvgIpc) is 2.77. The van der Waals surface area contributed by atoms with Crippen molar-refractivity contribution in [3.8, 4) is 0 Å². The van der Waals surface area contributed by atoms with E-state index in [4.69, 9.17) is 5.73 Å². The molecule has 1 aliphatic rings. The molecule has 1 heterocycles. The average molecular weight is 206 g/mol. The molecule has 0 spiro atoms. The highest BCUT2D eigenvalue weighted by molar-refractivity contribution is 5.11. The molecule has 15 heavy (non-hydrogen) atoms. The van der Waals surface area contributed by atoms with Crippen LogP contribution in [-0.2, 0) is 13.0 Å². The zero-order valence-corrected chi connectivity index (χ0v) is 9.65. The van der Waals surface area contributed by atoms with Gasteiger partial charge in [-0.2, -0.15) is 0 Å². The van der Waals surface area contributed by atoms with Gasteiger partial charge in [0.05, 0.1) is 0 Å². The minimum atomic E-state index is 0.271. The Morgan fingerprint density at radius 2 is 2.20 bits per heavy atom. The van der Waals surface area contributed by atoms with Gasteiger partial charge in [0.2, 0.25) is 0 Å². The normalized spacial score (nSPS) is 19.6. The number of rotatable bonds is 4. The van der Waals surface area contributed by atoms with Crippen molar-refractivity contribution in [3.63, 3.8) is 0 Å². The van der Waals surface area contributed by atoms with E-state index in [9.17, 15) is 0 Å². The van der Waals surface area contributed by atoms with Crippen LogP contribution in [0.4, 0.5) is 0 Å². The van der Waals surface area contributed by atoms with Crippen molar-refractivity contribution in [1.82, 2.24) is 4.57 Å². The summed E-state index contributed by atoms with van der Waals surface area (Å²) >= 11 is 0. The van der Waals surface area contributed by atoms with Crippen molar-refractivity contribution in [2.75, 3.05) is 0 Å². The van der Waals surface area contributed by atoms with Crippen molar-refractivity contribution < 1.29 is 0 Å². The third-order valence-corrected chi connectivity index (χ3v) is 3.31. The fourth-order valence-electron chi connectivity index (χ4n) is 2.59. The van der Waals surface area contributed by atoms with Crippen LogP contribution in [0.15, 0.2) is 18.5 Å². The molecule has 2 N–H and O–H groups in total. The molecule has 2 nitrogen and oxygen atoms in total. The molecule has 0 amide bonds. The van der Waals surface area contributed by atoms with Gasteiger partial charge in [0.25, 0.3) is 0 Å². The highest BCUT2D eigenvalue weighted by Crippen LogP contribution is 2.26. The fraction of sp³-hybridized carbons (Fsp3) is 0.692. The Balaban J connectivity index is 1.88. The Bertz CT molecular complexity index is 295. The molecule has 2 heteroatoms. The standard InChI is InChI=1S/C13H22N2/c1-11(14)8-13-6-7-15(10-13)9-12-4-2-3-5-12/h6-7,10-12H,2-5,8-9,14H2,1H3. The largest absolute Gasteiger partial charge is 0.354 e. The lowest BCUT2D eigenvalue weighted by atomic mass is 10.1. The Morgan fingerprint density at radius 3 is 2.87 bits per heavy atom. The molecule has 84 valence electrons. The number of hydrogen-bond acceptors (Lipinski definition) is 1. The third-order valence-electron chi connectivity index (χ3n) is 3.31. The molecular weight excluding hydrogens is 184 g/mol. The summed E-state index contributed by atoms with van der Waals surface area (Å²) in [6.45, 7) is 3.27. The van der Waals surface area contributed by atoms with Crippen LogP contribution in [0.1, 0.15) is 38.2 Å². The SMILES string of the molecule is CC(N)Cc1ccn(CC2CCCC2)c1. The zero-order chi connectivity index (χ0) is 10.7. The highest BCUT2D eigenvalue weighted by atomic mass is 14.9. The van der Waals surface area contributed by atoms with Crippen LogP contribution >= 0.6 is 0 Å². The van der Waals surface area contributed by atoms with Crippen LogP contribution in [0.3, 0.4) is 0 Å². The van der Waals surface area contributed by atoms with Crippen molar-refractivity contribution in [2.24, 2.45) is 11.7 Å². The smallest absolute Gasteiger partial charge is 0.0248 e. The van der Waals surface area contributed by atoms with Gasteiger partial charge in [-0.05, 0) is 43.7 Å². The quantitative estimate of drug-likeness (QED) is 0.806. The van der Waals surface area contributed by atoms with Gasteiger partial charge in [-0.25, -0.2) is 0 Å². The summed E-state index contributed by atoms with van der Waals surface area (Å²) in [6.07, 6.45) is 11.2. The predicted molar refractivity (Wildman–Crippen MR) is 63.7 cm³/mol. The van der Waals surface area contributed by atoms with Crippen LogP contribution in [0.5, 0.6) is 0 Å². The minimum absolute atomic E-state index is 0.271. The van der Waals surface area contributed by atoms with Crippen LogP contribution < -0.4 is 5.73 Å². The maximum absolute atomic E-state index is 5.79. The Hall–Kier alpha value is -0.760. The molecular formula is C13H22N2. The van der Waals surface area contributed by atoms with E-state index in [1.807, 2.05) is 0 Å². The molecule has 1 aliphatic carbocycles. The molecule has 0 saturated heterocycles. The van der Waals surface area contributed by atoms with E-state index < -0.39 is 0 Å². The topological polar surface area (TPSA) is 30.9 Å². The van der Waals surface area contributed by atoms with Crippen LogP contribution in [0.2, 0.25) is 0 Å². The van der Waals surface area contributed by atoms with E-state index in [-0.39, 0.29) is 6.04 Å². The molecule has 1 saturated carbocycles. The van der Waals surface area contributed by atoms with Crippen LogP contribution in [0.25, 0.3) is 0 Å². The van der Waals surface area contributed by atoms with Crippen LogP contribution in [-0.4, -0.2) is 10.6 Å². The summed E-state index contributed by atoms with van der Waals surface area (Å²) in [5.74, 6) is 0.917. The Labute approximate surface area is 92.5 Å². The summed E-state index contributed by atoms with van der Waals surface area (Å²) < 4.78 is 2.34. The third kappa shape index (κ3) is 3.10. The second-order valence-corrected chi connectivity index (χ2v) is 5.05. The molecule has 2 rings (SSSR count). The first-order valence-corrected chi connectivity index (χ1v) is 6.14. The van der Waals surface area contributed by atoms with Gasteiger partial charge in [-0.1, -0.05) is 12.8 Å². The second-order valence-electron chi connectivity index (χ2n) is 5.05. The molecule has 1 atom stereocenters. The number of hydrogen-bond donors (Lipinski definition) is 1. The zero-order valence-electron chi connectivity index (χ0n) is 9.65. The van der Waals surface area contributed by atoms with Gasteiger partial charge in [0.1, 0.15) is 0 Å². The molecule has 1 fully saturated rings. The Morgan fingerprint density at radius 1 is 1.47 bits per heavy atom. The molecule has 0 aliphatic heterocycles. The van der Waals surface area contributed by atoms with E-state index in [1.54, 1.807) is 0 Å². The van der Waals surface area contributed by atoms with E-state index in [1.165, 1.54) is 37.8 Å². The van der Waals surface area contributed by atoms with E-state index in [0.717, 1.165) is 12.3 Å². The van der Waals surface area contributed by atoms with Gasteiger partial charge < -0.3 is 10.3 Å². The van der Waals surface area contributed by atoms with Crippen molar-refractivity contribution >= 4 is 0 Å². The lowest BCUT2D eigenvalue weighted by Gasteiger charge is -2.09. The lowest BCUT2D eigenvalue weighted by molar-refractivity contribution is 0.458. The van der Waals surface area contributed by atoms with Crippen molar-refractivity contribution in [3.05, 3.63) is 24.0 Å². The van der Waals surface area contributed by atoms with E-state index >= 15 is 0 Å². The number of aromatic nitrogens is 1. The highest BCUT2D eigenvalue weighted by Gasteiger charge is 2.15. The van der Waals surface area contributed by atoms with Crippen LogP contribution in [0, 0.1) is 5.92 Å². The monoisotopic (exact) mass is 206 g/mol.